The lowest BCUT2D eigenvalue weighted by atomic mass is 10.3. The Morgan fingerprint density at radius 1 is 0.667 bits per heavy atom. The largest absolute Gasteiger partial charge is 0.462 e. The van der Waals surface area contributed by atoms with Crippen molar-refractivity contribution in [3.8, 4) is 0 Å². The lowest BCUT2D eigenvalue weighted by Crippen LogP contribution is -2.14. The summed E-state index contributed by atoms with van der Waals surface area (Å²) in [5.74, 6) is -1.26. The molecule has 0 atom stereocenters. The molecule has 6 heteroatoms. The van der Waals surface area contributed by atoms with Crippen LogP contribution in [-0.2, 0) is 28.6 Å². The second kappa shape index (κ2) is 14.2. The standard InChI is InChI=1S/C10H14O4.C8H14O2/c1-7(2)9(11)13-5-6-14-10(12)8(3)4;1-4-5-6-10-8(9)7(2)3/h1,3,5-6H2,2,4H3;2,4-6H2,1,3H3. The Bertz CT molecular complexity index is 448. The van der Waals surface area contributed by atoms with Gasteiger partial charge in [-0.05, 0) is 27.2 Å². The molecule has 0 N–H and O–H groups in total. The zero-order valence-electron chi connectivity index (χ0n) is 15.1. The van der Waals surface area contributed by atoms with Crippen molar-refractivity contribution in [1.29, 1.82) is 0 Å². The molecule has 0 saturated heterocycles. The van der Waals surface area contributed by atoms with Gasteiger partial charge in [-0.1, -0.05) is 33.1 Å². The van der Waals surface area contributed by atoms with Crippen LogP contribution in [0.5, 0.6) is 0 Å². The maximum absolute atomic E-state index is 10.8. The number of hydrogen-bond donors (Lipinski definition) is 0. The molecule has 0 aliphatic carbocycles. The molecule has 0 spiro atoms. The van der Waals surface area contributed by atoms with Gasteiger partial charge in [-0.3, -0.25) is 0 Å². The van der Waals surface area contributed by atoms with E-state index in [9.17, 15) is 14.4 Å². The molecule has 136 valence electrons. The Morgan fingerprint density at radius 2 is 0.958 bits per heavy atom. The summed E-state index contributed by atoms with van der Waals surface area (Å²) in [7, 11) is 0. The number of esters is 3. The van der Waals surface area contributed by atoms with E-state index >= 15 is 0 Å². The van der Waals surface area contributed by atoms with E-state index in [1.807, 2.05) is 0 Å². The number of rotatable bonds is 9. The normalized spacial score (nSPS) is 9.00. The first kappa shape index (κ1) is 23.9. The maximum atomic E-state index is 10.8. The van der Waals surface area contributed by atoms with Crippen molar-refractivity contribution in [3.63, 3.8) is 0 Å². The van der Waals surface area contributed by atoms with Crippen LogP contribution < -0.4 is 0 Å². The third-order valence-electron chi connectivity index (χ3n) is 2.33. The first-order chi connectivity index (χ1) is 11.1. The van der Waals surface area contributed by atoms with Crippen LogP contribution in [0, 0.1) is 0 Å². The van der Waals surface area contributed by atoms with Crippen LogP contribution in [-0.4, -0.2) is 37.7 Å². The molecule has 0 fully saturated rings. The van der Waals surface area contributed by atoms with E-state index in [0.29, 0.717) is 23.3 Å². The van der Waals surface area contributed by atoms with Gasteiger partial charge in [0.15, 0.2) is 0 Å². The van der Waals surface area contributed by atoms with E-state index in [1.165, 1.54) is 0 Å². The molecule has 0 bridgehead atoms. The van der Waals surface area contributed by atoms with E-state index in [2.05, 4.69) is 36.1 Å². The molecule has 0 unspecified atom stereocenters. The summed E-state index contributed by atoms with van der Waals surface area (Å²) in [6.07, 6.45) is 1.97. The second-order valence-electron chi connectivity index (χ2n) is 5.10. The summed E-state index contributed by atoms with van der Waals surface area (Å²) in [5, 5.41) is 0. The van der Waals surface area contributed by atoms with Crippen LogP contribution in [0.1, 0.15) is 40.5 Å². The zero-order chi connectivity index (χ0) is 19.1. The third-order valence-corrected chi connectivity index (χ3v) is 2.33. The highest BCUT2D eigenvalue weighted by atomic mass is 16.6. The average molecular weight is 340 g/mol. The van der Waals surface area contributed by atoms with Crippen LogP contribution in [0.15, 0.2) is 36.5 Å². The molecule has 6 nitrogen and oxygen atoms in total. The maximum Gasteiger partial charge on any atom is 0.333 e. The molecule has 0 aliphatic heterocycles. The highest BCUT2D eigenvalue weighted by Crippen LogP contribution is 1.95. The highest BCUT2D eigenvalue weighted by molar-refractivity contribution is 5.87. The molecule has 0 aliphatic rings. The zero-order valence-corrected chi connectivity index (χ0v) is 15.1. The van der Waals surface area contributed by atoms with Crippen LogP contribution in [0.25, 0.3) is 0 Å². The fourth-order valence-electron chi connectivity index (χ4n) is 0.948. The van der Waals surface area contributed by atoms with Gasteiger partial charge in [0.25, 0.3) is 0 Å². The topological polar surface area (TPSA) is 78.9 Å². The highest BCUT2D eigenvalue weighted by Gasteiger charge is 2.05. The van der Waals surface area contributed by atoms with Crippen LogP contribution in [0.4, 0.5) is 0 Å². The Balaban J connectivity index is 0. The molecule has 0 aromatic rings. The lowest BCUT2D eigenvalue weighted by molar-refractivity contribution is -0.147. The molecule has 0 heterocycles. The van der Waals surface area contributed by atoms with Crippen LogP contribution >= 0.6 is 0 Å². The van der Waals surface area contributed by atoms with Crippen molar-refractivity contribution in [2.24, 2.45) is 0 Å². The quantitative estimate of drug-likeness (QED) is 0.278. The van der Waals surface area contributed by atoms with Crippen molar-refractivity contribution in [2.75, 3.05) is 19.8 Å². The Labute approximate surface area is 144 Å². The average Bonchev–Trinajstić information content (AvgIpc) is 2.51. The summed E-state index contributed by atoms with van der Waals surface area (Å²) in [6.45, 7) is 17.6. The minimum absolute atomic E-state index is 0.0325. The third kappa shape index (κ3) is 14.6. The van der Waals surface area contributed by atoms with E-state index in [4.69, 9.17) is 4.74 Å². The molecule has 0 amide bonds. The predicted octanol–water partition coefficient (Wildman–Crippen LogP) is 3.13. The number of carbonyl (C=O) groups excluding carboxylic acids is 3. The summed E-state index contributed by atoms with van der Waals surface area (Å²) < 4.78 is 14.2. The minimum Gasteiger partial charge on any atom is -0.462 e. The lowest BCUT2D eigenvalue weighted by Gasteiger charge is -2.05. The van der Waals surface area contributed by atoms with Crippen molar-refractivity contribution in [3.05, 3.63) is 36.5 Å². The summed E-state index contributed by atoms with van der Waals surface area (Å²) in [5.41, 5.74) is 1.10. The van der Waals surface area contributed by atoms with Crippen LogP contribution in [0.3, 0.4) is 0 Å². The van der Waals surface area contributed by atoms with Gasteiger partial charge < -0.3 is 14.2 Å². The van der Waals surface area contributed by atoms with E-state index in [-0.39, 0.29) is 19.2 Å². The van der Waals surface area contributed by atoms with Gasteiger partial charge in [-0.25, -0.2) is 14.4 Å². The van der Waals surface area contributed by atoms with Gasteiger partial charge >= 0.3 is 17.9 Å². The number of ether oxygens (including phenoxy) is 3. The second-order valence-corrected chi connectivity index (χ2v) is 5.10. The Kier molecular flexibility index (Phi) is 14.2. The first-order valence-electron chi connectivity index (χ1n) is 7.61. The monoisotopic (exact) mass is 340 g/mol. The molecule has 0 aromatic heterocycles. The SMILES string of the molecule is C=C(C)C(=O)OCCCC.C=C(C)C(=O)OCCOC(=O)C(=C)C. The first-order valence-corrected chi connectivity index (χ1v) is 7.61. The molecule has 0 saturated carbocycles. The summed E-state index contributed by atoms with van der Waals surface area (Å²) in [6, 6.07) is 0. The van der Waals surface area contributed by atoms with Gasteiger partial charge in [0.2, 0.25) is 0 Å². The smallest absolute Gasteiger partial charge is 0.333 e. The Morgan fingerprint density at radius 3 is 1.21 bits per heavy atom. The molecular weight excluding hydrogens is 312 g/mol. The van der Waals surface area contributed by atoms with Crippen molar-refractivity contribution in [1.82, 2.24) is 0 Å². The fraction of sp³-hybridized carbons (Fsp3) is 0.500. The predicted molar refractivity (Wildman–Crippen MR) is 92.2 cm³/mol. The van der Waals surface area contributed by atoms with Gasteiger partial charge in [0.1, 0.15) is 13.2 Å². The van der Waals surface area contributed by atoms with Crippen molar-refractivity contribution in [2.45, 2.75) is 40.5 Å². The van der Waals surface area contributed by atoms with E-state index < -0.39 is 11.9 Å². The van der Waals surface area contributed by atoms with Crippen molar-refractivity contribution >= 4 is 17.9 Å². The van der Waals surface area contributed by atoms with Crippen molar-refractivity contribution < 1.29 is 28.6 Å². The van der Waals surface area contributed by atoms with Gasteiger partial charge in [-0.2, -0.15) is 0 Å². The Hall–Kier alpha value is -2.37. The number of unbranched alkanes of at least 4 members (excludes halogenated alkanes) is 1. The number of hydrogen-bond acceptors (Lipinski definition) is 6. The molecule has 0 rings (SSSR count). The minimum atomic E-state index is -0.489. The van der Waals surface area contributed by atoms with E-state index in [1.54, 1.807) is 20.8 Å². The molecule has 0 aromatic carbocycles. The molecular formula is C18H28O6. The van der Waals surface area contributed by atoms with Gasteiger partial charge in [0, 0.05) is 16.7 Å². The molecule has 24 heavy (non-hydrogen) atoms. The number of carbonyl (C=O) groups is 3. The van der Waals surface area contributed by atoms with Gasteiger partial charge in [-0.15, -0.1) is 0 Å². The summed E-state index contributed by atoms with van der Waals surface area (Å²) in [4.78, 5) is 32.4. The molecule has 0 radical (unpaired) electrons. The fourth-order valence-corrected chi connectivity index (χ4v) is 0.948. The van der Waals surface area contributed by atoms with Gasteiger partial charge in [0.05, 0.1) is 6.61 Å². The summed E-state index contributed by atoms with van der Waals surface area (Å²) >= 11 is 0. The van der Waals surface area contributed by atoms with E-state index in [0.717, 1.165) is 12.8 Å². The van der Waals surface area contributed by atoms with Crippen LogP contribution in [0.2, 0.25) is 0 Å².